The first-order valence-corrected chi connectivity index (χ1v) is 6.18. The maximum Gasteiger partial charge on any atom is 0.0641 e. The number of benzene rings is 1. The smallest absolute Gasteiger partial charge is 0.0641 e. The summed E-state index contributed by atoms with van der Waals surface area (Å²) in [6, 6.07) is 10.7. The predicted octanol–water partition coefficient (Wildman–Crippen LogP) is 3.60. The minimum absolute atomic E-state index is 0.427. The Kier molecular flexibility index (Phi) is 4.17. The summed E-state index contributed by atoms with van der Waals surface area (Å²) in [7, 11) is 0. The van der Waals surface area contributed by atoms with Gasteiger partial charge in [-0.3, -0.25) is 0 Å². The van der Waals surface area contributed by atoms with Crippen LogP contribution in [0.2, 0.25) is 0 Å². The van der Waals surface area contributed by atoms with Gasteiger partial charge in [-0.25, -0.2) is 0 Å². The molecule has 1 aliphatic heterocycles. The molecule has 0 radical (unpaired) electrons. The van der Waals surface area contributed by atoms with E-state index in [-0.39, 0.29) is 0 Å². The van der Waals surface area contributed by atoms with Gasteiger partial charge in [-0.2, -0.15) is 0 Å². The molecule has 1 aliphatic rings. The van der Waals surface area contributed by atoms with Crippen molar-refractivity contribution in [3.05, 3.63) is 48.0 Å². The van der Waals surface area contributed by atoms with Gasteiger partial charge in [-0.05, 0) is 31.7 Å². The largest absolute Gasteiger partial charge is 0.378 e. The molecule has 1 heterocycles. The lowest BCUT2D eigenvalue weighted by atomic mass is 9.95. The van der Waals surface area contributed by atoms with E-state index >= 15 is 0 Å². The summed E-state index contributed by atoms with van der Waals surface area (Å²) in [5.74, 6) is 0.633. The molecule has 1 aromatic carbocycles. The summed E-state index contributed by atoms with van der Waals surface area (Å²) < 4.78 is 5.79. The molecule has 2 rings (SSSR count). The third-order valence-electron chi connectivity index (χ3n) is 3.26. The molecule has 0 saturated carbocycles. The maximum absolute atomic E-state index is 5.79. The van der Waals surface area contributed by atoms with E-state index < -0.39 is 0 Å². The van der Waals surface area contributed by atoms with Gasteiger partial charge in [0.05, 0.1) is 6.10 Å². The molecule has 0 bridgehead atoms. The number of allylic oxidation sites excluding steroid dienone is 1. The molecule has 1 nitrogen and oxygen atoms in total. The van der Waals surface area contributed by atoms with Crippen LogP contribution in [0.5, 0.6) is 0 Å². The van der Waals surface area contributed by atoms with E-state index in [1.807, 2.05) is 0 Å². The third kappa shape index (κ3) is 2.96. The van der Waals surface area contributed by atoms with Crippen LogP contribution in [0.4, 0.5) is 0 Å². The van der Waals surface area contributed by atoms with Crippen LogP contribution in [0.15, 0.2) is 42.5 Å². The lowest BCUT2D eigenvalue weighted by molar-refractivity contribution is 0.0922. The number of hydrogen-bond donors (Lipinski definition) is 0. The zero-order valence-corrected chi connectivity index (χ0v) is 9.93. The standard InChI is InChI=1S/C15H20O/c1-2-6-14-11-12-16-15(14)10-9-13-7-4-3-5-8-13/h2-8,14-15H,9-12H2,1H3/b6-2+/t14-,15+/m1/s1. The highest BCUT2D eigenvalue weighted by molar-refractivity contribution is 5.15. The Morgan fingerprint density at radius 2 is 2.12 bits per heavy atom. The zero-order chi connectivity index (χ0) is 11.2. The molecule has 1 fully saturated rings. The van der Waals surface area contributed by atoms with Crippen molar-refractivity contribution in [1.82, 2.24) is 0 Å². The van der Waals surface area contributed by atoms with Crippen molar-refractivity contribution in [2.45, 2.75) is 32.3 Å². The Balaban J connectivity index is 1.85. The number of aryl methyl sites for hydroxylation is 1. The highest BCUT2D eigenvalue weighted by atomic mass is 16.5. The Morgan fingerprint density at radius 1 is 1.31 bits per heavy atom. The van der Waals surface area contributed by atoms with Gasteiger partial charge in [0.15, 0.2) is 0 Å². The van der Waals surface area contributed by atoms with Crippen LogP contribution in [0, 0.1) is 5.92 Å². The first-order chi connectivity index (χ1) is 7.90. The fourth-order valence-electron chi connectivity index (χ4n) is 2.38. The van der Waals surface area contributed by atoms with Crippen LogP contribution in [-0.4, -0.2) is 12.7 Å². The quantitative estimate of drug-likeness (QED) is 0.699. The molecular weight excluding hydrogens is 196 g/mol. The highest BCUT2D eigenvalue weighted by Gasteiger charge is 2.25. The molecular formula is C15H20O. The minimum atomic E-state index is 0.427. The topological polar surface area (TPSA) is 9.23 Å². The molecule has 0 unspecified atom stereocenters. The van der Waals surface area contributed by atoms with E-state index in [4.69, 9.17) is 4.74 Å². The summed E-state index contributed by atoms with van der Waals surface area (Å²) in [5.41, 5.74) is 1.41. The molecule has 1 aromatic rings. The number of rotatable bonds is 4. The van der Waals surface area contributed by atoms with Gasteiger partial charge in [-0.15, -0.1) is 0 Å². The lowest BCUT2D eigenvalue weighted by Gasteiger charge is -2.15. The molecule has 0 N–H and O–H groups in total. The van der Waals surface area contributed by atoms with Crippen LogP contribution >= 0.6 is 0 Å². The van der Waals surface area contributed by atoms with Crippen molar-refractivity contribution in [2.24, 2.45) is 5.92 Å². The van der Waals surface area contributed by atoms with E-state index in [2.05, 4.69) is 49.4 Å². The fourth-order valence-corrected chi connectivity index (χ4v) is 2.38. The SMILES string of the molecule is C/C=C/[C@@H]1CCO[C@H]1CCc1ccccc1. The first kappa shape index (κ1) is 11.4. The van der Waals surface area contributed by atoms with Crippen molar-refractivity contribution < 1.29 is 4.74 Å². The van der Waals surface area contributed by atoms with E-state index in [9.17, 15) is 0 Å². The van der Waals surface area contributed by atoms with Crippen LogP contribution in [0.25, 0.3) is 0 Å². The molecule has 0 spiro atoms. The third-order valence-corrected chi connectivity index (χ3v) is 3.26. The normalized spacial score (nSPS) is 25.3. The second-order valence-electron chi connectivity index (χ2n) is 4.41. The predicted molar refractivity (Wildman–Crippen MR) is 67.4 cm³/mol. The fraction of sp³-hybridized carbons (Fsp3) is 0.467. The highest BCUT2D eigenvalue weighted by Crippen LogP contribution is 2.25. The molecule has 1 heteroatoms. The van der Waals surface area contributed by atoms with E-state index in [1.165, 1.54) is 12.0 Å². The summed E-state index contributed by atoms with van der Waals surface area (Å²) in [6.07, 6.45) is 8.32. The van der Waals surface area contributed by atoms with E-state index in [0.717, 1.165) is 19.4 Å². The number of ether oxygens (including phenoxy) is 1. The second kappa shape index (κ2) is 5.86. The van der Waals surface area contributed by atoms with Gasteiger partial charge in [0, 0.05) is 12.5 Å². The van der Waals surface area contributed by atoms with Crippen molar-refractivity contribution in [3.63, 3.8) is 0 Å². The van der Waals surface area contributed by atoms with Gasteiger partial charge < -0.3 is 4.74 Å². The summed E-state index contributed by atoms with van der Waals surface area (Å²) in [6.45, 7) is 3.01. The summed E-state index contributed by atoms with van der Waals surface area (Å²) in [4.78, 5) is 0. The minimum Gasteiger partial charge on any atom is -0.378 e. The average molecular weight is 216 g/mol. The lowest BCUT2D eigenvalue weighted by Crippen LogP contribution is -2.15. The first-order valence-electron chi connectivity index (χ1n) is 6.18. The Morgan fingerprint density at radius 3 is 2.88 bits per heavy atom. The van der Waals surface area contributed by atoms with Gasteiger partial charge in [0.1, 0.15) is 0 Å². The Hall–Kier alpha value is -1.08. The second-order valence-corrected chi connectivity index (χ2v) is 4.41. The van der Waals surface area contributed by atoms with Crippen LogP contribution in [0.3, 0.4) is 0 Å². The van der Waals surface area contributed by atoms with Gasteiger partial charge >= 0.3 is 0 Å². The summed E-state index contributed by atoms with van der Waals surface area (Å²) >= 11 is 0. The van der Waals surface area contributed by atoms with Crippen LogP contribution in [-0.2, 0) is 11.2 Å². The van der Waals surface area contributed by atoms with Crippen molar-refractivity contribution >= 4 is 0 Å². The van der Waals surface area contributed by atoms with E-state index in [0.29, 0.717) is 12.0 Å². The van der Waals surface area contributed by atoms with Gasteiger partial charge in [-0.1, -0.05) is 42.5 Å². The molecule has 0 aliphatic carbocycles. The monoisotopic (exact) mass is 216 g/mol. The molecule has 0 amide bonds. The number of hydrogen-bond acceptors (Lipinski definition) is 1. The average Bonchev–Trinajstić information content (AvgIpc) is 2.76. The summed E-state index contributed by atoms with van der Waals surface area (Å²) in [5, 5.41) is 0. The molecule has 1 saturated heterocycles. The zero-order valence-electron chi connectivity index (χ0n) is 9.93. The Labute approximate surface area is 98.1 Å². The molecule has 86 valence electrons. The van der Waals surface area contributed by atoms with Crippen molar-refractivity contribution in [1.29, 1.82) is 0 Å². The maximum atomic E-state index is 5.79. The van der Waals surface area contributed by atoms with Gasteiger partial charge in [0.25, 0.3) is 0 Å². The Bertz CT molecular complexity index is 329. The molecule has 16 heavy (non-hydrogen) atoms. The van der Waals surface area contributed by atoms with Crippen LogP contribution < -0.4 is 0 Å². The molecule has 2 atom stereocenters. The molecule has 0 aromatic heterocycles. The van der Waals surface area contributed by atoms with Crippen LogP contribution in [0.1, 0.15) is 25.3 Å². The van der Waals surface area contributed by atoms with Crippen molar-refractivity contribution in [2.75, 3.05) is 6.61 Å². The van der Waals surface area contributed by atoms with Crippen molar-refractivity contribution in [3.8, 4) is 0 Å². The van der Waals surface area contributed by atoms with E-state index in [1.54, 1.807) is 0 Å². The van der Waals surface area contributed by atoms with Gasteiger partial charge in [0.2, 0.25) is 0 Å².